The number of carbonyl (C=O) groups excluding carboxylic acids is 1. The molecule has 1 aromatic heterocycles. The normalized spacial score (nSPS) is 10.1. The fourth-order valence-electron chi connectivity index (χ4n) is 1.34. The zero-order valence-corrected chi connectivity index (χ0v) is 10.5. The van der Waals surface area contributed by atoms with Crippen LogP contribution in [0.25, 0.3) is 0 Å². The van der Waals surface area contributed by atoms with Crippen LogP contribution in [0.15, 0.2) is 18.7 Å². The number of aromatic nitrogens is 2. The molecule has 0 atom stereocenters. The zero-order valence-electron chi connectivity index (χ0n) is 10.5. The lowest BCUT2D eigenvalue weighted by molar-refractivity contribution is -0.142. The summed E-state index contributed by atoms with van der Waals surface area (Å²) in [6.07, 6.45) is 6.09. The third-order valence-corrected chi connectivity index (χ3v) is 2.20. The van der Waals surface area contributed by atoms with Gasteiger partial charge in [0.2, 0.25) is 0 Å². The molecule has 8 nitrogen and oxygen atoms in total. The highest BCUT2D eigenvalue weighted by Gasteiger charge is 2.00. The number of carboxylic acid groups (broad SMARTS) is 1. The molecule has 1 rings (SSSR count). The molecule has 0 aromatic carbocycles. The molecule has 1 heterocycles. The van der Waals surface area contributed by atoms with E-state index in [-0.39, 0.29) is 25.8 Å². The van der Waals surface area contributed by atoms with Gasteiger partial charge in [-0.1, -0.05) is 0 Å². The van der Waals surface area contributed by atoms with Gasteiger partial charge in [0.25, 0.3) is 0 Å². The minimum atomic E-state index is -1.02. The summed E-state index contributed by atoms with van der Waals surface area (Å²) < 4.78 is 6.70. The van der Waals surface area contributed by atoms with E-state index in [2.05, 4.69) is 15.6 Å². The van der Waals surface area contributed by atoms with Gasteiger partial charge in [-0.3, -0.25) is 0 Å². The lowest BCUT2D eigenvalue weighted by Crippen LogP contribution is -2.38. The molecule has 0 fully saturated rings. The fourth-order valence-corrected chi connectivity index (χ4v) is 1.34. The predicted molar refractivity (Wildman–Crippen MR) is 66.7 cm³/mol. The SMILES string of the molecule is O=C(O)COCCNC(=O)NCCCn1ccnc1. The number of rotatable bonds is 9. The maximum Gasteiger partial charge on any atom is 0.329 e. The average Bonchev–Trinajstić information content (AvgIpc) is 2.87. The van der Waals surface area contributed by atoms with Crippen molar-refractivity contribution < 1.29 is 19.4 Å². The molecule has 0 saturated carbocycles. The number of urea groups is 1. The van der Waals surface area contributed by atoms with Crippen molar-refractivity contribution in [2.75, 3.05) is 26.3 Å². The van der Waals surface area contributed by atoms with Gasteiger partial charge in [-0.2, -0.15) is 0 Å². The molecule has 0 spiro atoms. The van der Waals surface area contributed by atoms with E-state index < -0.39 is 5.97 Å². The molecule has 19 heavy (non-hydrogen) atoms. The Balaban J connectivity index is 1.92. The first-order valence-corrected chi connectivity index (χ1v) is 5.95. The Morgan fingerprint density at radius 2 is 2.11 bits per heavy atom. The Morgan fingerprint density at radius 1 is 1.32 bits per heavy atom. The molecule has 0 unspecified atom stereocenters. The molecule has 8 heteroatoms. The smallest absolute Gasteiger partial charge is 0.329 e. The first-order valence-electron chi connectivity index (χ1n) is 5.95. The second kappa shape index (κ2) is 8.92. The van der Waals surface area contributed by atoms with Crippen LogP contribution < -0.4 is 10.6 Å². The van der Waals surface area contributed by atoms with Crippen molar-refractivity contribution in [1.29, 1.82) is 0 Å². The van der Waals surface area contributed by atoms with E-state index >= 15 is 0 Å². The van der Waals surface area contributed by atoms with Crippen molar-refractivity contribution in [2.24, 2.45) is 0 Å². The third kappa shape index (κ3) is 7.77. The van der Waals surface area contributed by atoms with Crippen LogP contribution in [0.4, 0.5) is 4.79 Å². The maximum atomic E-state index is 11.3. The van der Waals surface area contributed by atoms with Gasteiger partial charge in [-0.05, 0) is 6.42 Å². The van der Waals surface area contributed by atoms with Gasteiger partial charge in [0.1, 0.15) is 6.61 Å². The van der Waals surface area contributed by atoms with Crippen molar-refractivity contribution in [3.8, 4) is 0 Å². The number of imidazole rings is 1. The molecule has 0 bridgehead atoms. The number of amides is 2. The van der Waals surface area contributed by atoms with E-state index in [0.717, 1.165) is 13.0 Å². The van der Waals surface area contributed by atoms with E-state index in [9.17, 15) is 9.59 Å². The van der Waals surface area contributed by atoms with E-state index in [1.165, 1.54) is 0 Å². The predicted octanol–water partition coefficient (Wildman–Crippen LogP) is -0.326. The first-order chi connectivity index (χ1) is 9.18. The number of hydrogen-bond donors (Lipinski definition) is 3. The van der Waals surface area contributed by atoms with Gasteiger partial charge in [-0.15, -0.1) is 0 Å². The monoisotopic (exact) mass is 270 g/mol. The Kier molecular flexibility index (Phi) is 7.03. The summed E-state index contributed by atoms with van der Waals surface area (Å²) in [6.45, 7) is 1.45. The summed E-state index contributed by atoms with van der Waals surface area (Å²) in [5.74, 6) is -1.02. The summed E-state index contributed by atoms with van der Waals surface area (Å²) in [7, 11) is 0. The lowest BCUT2D eigenvalue weighted by Gasteiger charge is -2.07. The quantitative estimate of drug-likeness (QED) is 0.533. The Hall–Kier alpha value is -2.09. The lowest BCUT2D eigenvalue weighted by atomic mass is 10.4. The minimum Gasteiger partial charge on any atom is -0.480 e. The molecule has 1 aromatic rings. The highest BCUT2D eigenvalue weighted by atomic mass is 16.5. The summed E-state index contributed by atoms with van der Waals surface area (Å²) in [5, 5.41) is 13.6. The first kappa shape index (κ1) is 15.0. The van der Waals surface area contributed by atoms with Gasteiger partial charge in [0.05, 0.1) is 12.9 Å². The highest BCUT2D eigenvalue weighted by molar-refractivity contribution is 5.73. The molecule has 2 amide bonds. The van der Waals surface area contributed by atoms with Crippen LogP contribution in [-0.4, -0.2) is 53.0 Å². The van der Waals surface area contributed by atoms with Gasteiger partial charge in [0, 0.05) is 32.0 Å². The number of aliphatic carboxylic acids is 1. The minimum absolute atomic E-state index is 0.175. The van der Waals surface area contributed by atoms with Crippen molar-refractivity contribution in [1.82, 2.24) is 20.2 Å². The molecule has 0 aliphatic heterocycles. The second-order valence-corrected chi connectivity index (χ2v) is 3.78. The molecule has 0 aliphatic carbocycles. The van der Waals surface area contributed by atoms with E-state index in [0.29, 0.717) is 6.54 Å². The van der Waals surface area contributed by atoms with Crippen LogP contribution in [0.1, 0.15) is 6.42 Å². The number of nitrogens with one attached hydrogen (secondary N) is 2. The molecular formula is C11H18N4O4. The van der Waals surface area contributed by atoms with Gasteiger partial charge >= 0.3 is 12.0 Å². The molecule has 0 aliphatic rings. The standard InChI is InChI=1S/C11H18N4O4/c16-10(17)8-19-7-4-14-11(18)13-2-1-5-15-6-3-12-9-15/h3,6,9H,1-2,4-5,7-8H2,(H,16,17)(H2,13,14,18). The van der Waals surface area contributed by atoms with Crippen molar-refractivity contribution in [2.45, 2.75) is 13.0 Å². The van der Waals surface area contributed by atoms with Crippen LogP contribution >= 0.6 is 0 Å². The summed E-state index contributed by atoms with van der Waals surface area (Å²) >= 11 is 0. The largest absolute Gasteiger partial charge is 0.480 e. The second-order valence-electron chi connectivity index (χ2n) is 3.78. The third-order valence-electron chi connectivity index (χ3n) is 2.20. The molecule has 3 N–H and O–H groups in total. The molecule has 0 radical (unpaired) electrons. The fraction of sp³-hybridized carbons (Fsp3) is 0.545. The summed E-state index contributed by atoms with van der Waals surface area (Å²) in [4.78, 5) is 25.3. The van der Waals surface area contributed by atoms with Crippen molar-refractivity contribution in [3.63, 3.8) is 0 Å². The molecule has 0 saturated heterocycles. The average molecular weight is 270 g/mol. The van der Waals surface area contributed by atoms with Gasteiger partial charge in [-0.25, -0.2) is 14.6 Å². The van der Waals surface area contributed by atoms with Crippen molar-refractivity contribution >= 4 is 12.0 Å². The Labute approximate surface area is 110 Å². The Morgan fingerprint density at radius 3 is 2.79 bits per heavy atom. The summed E-state index contributed by atoms with van der Waals surface area (Å²) in [6, 6.07) is -0.287. The number of carboxylic acids is 1. The number of ether oxygens (including phenoxy) is 1. The summed E-state index contributed by atoms with van der Waals surface area (Å²) in [5.41, 5.74) is 0. The van der Waals surface area contributed by atoms with Crippen LogP contribution in [-0.2, 0) is 16.1 Å². The number of nitrogens with zero attached hydrogens (tertiary/aromatic N) is 2. The van der Waals surface area contributed by atoms with Crippen LogP contribution in [0.2, 0.25) is 0 Å². The van der Waals surface area contributed by atoms with E-state index in [1.54, 1.807) is 12.5 Å². The number of aryl methyl sites for hydroxylation is 1. The number of hydrogen-bond acceptors (Lipinski definition) is 4. The van der Waals surface area contributed by atoms with E-state index in [1.807, 2.05) is 10.8 Å². The zero-order chi connectivity index (χ0) is 13.9. The van der Waals surface area contributed by atoms with Crippen LogP contribution in [0.5, 0.6) is 0 Å². The van der Waals surface area contributed by atoms with Crippen LogP contribution in [0.3, 0.4) is 0 Å². The van der Waals surface area contributed by atoms with Gasteiger partial charge in [0.15, 0.2) is 0 Å². The Bertz CT molecular complexity index is 380. The number of carbonyl (C=O) groups is 2. The maximum absolute atomic E-state index is 11.3. The molecule has 106 valence electrons. The van der Waals surface area contributed by atoms with Crippen LogP contribution in [0, 0.1) is 0 Å². The van der Waals surface area contributed by atoms with Crippen molar-refractivity contribution in [3.05, 3.63) is 18.7 Å². The van der Waals surface area contributed by atoms with Gasteiger partial charge < -0.3 is 25.0 Å². The topological polar surface area (TPSA) is 105 Å². The van der Waals surface area contributed by atoms with E-state index in [4.69, 9.17) is 9.84 Å². The molecular weight excluding hydrogens is 252 g/mol. The highest BCUT2D eigenvalue weighted by Crippen LogP contribution is 1.88.